The number of nitrogens with zero attached hydrogens (tertiary/aromatic N) is 1. The molecule has 1 atom stereocenters. The molecule has 1 saturated heterocycles. The largest absolute Gasteiger partial charge is 0.488 e. The Hall–Kier alpha value is -5.18. The number of ketones is 4. The monoisotopic (exact) mass is 1000 g/mol. The maximum Gasteiger partial charge on any atom is 0.416 e. The molecule has 0 unspecified atom stereocenters. The molecule has 69 heavy (non-hydrogen) atoms. The highest BCUT2D eigenvalue weighted by Crippen LogP contribution is 2.39. The lowest BCUT2D eigenvalue weighted by molar-refractivity contribution is -0.138. The number of hydrogen-bond acceptors (Lipinski definition) is 12. The maximum absolute atomic E-state index is 14.3. The smallest absolute Gasteiger partial charge is 0.416 e. The van der Waals surface area contributed by atoms with Gasteiger partial charge in [-0.15, -0.1) is 23.1 Å². The zero-order valence-electron chi connectivity index (χ0n) is 38.3. The first-order valence-electron chi connectivity index (χ1n) is 23.0. The Balaban J connectivity index is 1.32. The van der Waals surface area contributed by atoms with Crippen LogP contribution in [0.4, 0.5) is 26.3 Å². The molecule has 1 aromatic heterocycles. The van der Waals surface area contributed by atoms with E-state index in [1.165, 1.54) is 23.1 Å². The fourth-order valence-corrected chi connectivity index (χ4v) is 10.1. The Kier molecular flexibility index (Phi) is 20.3. The third-order valence-corrected chi connectivity index (χ3v) is 13.7. The van der Waals surface area contributed by atoms with Gasteiger partial charge in [-0.3, -0.25) is 30.0 Å². The highest BCUT2D eigenvalue weighted by Gasteiger charge is 2.35. The molecule has 4 aromatic rings. The number of rotatable bonds is 29. The standard InChI is InChI=1S/C49H59F6N7O5S2/c50-48(51,52)34-19-30(23-36(63)7-3-1-5-9-43(57)58)46(67-40-13-15-61-28-40)31(20-34)24-38(65)17-29-11-12-41-42(18-29)69-45(62-41)27-39(66)26-33-22-35(49(53,54)55)21-32(47(33)68-16-14-56)25-37(64)8-4-2-6-10-44(59)60/h11-12,18-22,40,61H,1-10,13-17,23-28,56H2,(H3,57,58)(H3,59,60)/t40-/m1/s1. The number of halogens is 6. The number of ether oxygens (including phenoxy) is 1. The number of benzene rings is 3. The van der Waals surface area contributed by atoms with E-state index in [2.05, 4.69) is 10.3 Å². The molecule has 20 heteroatoms. The summed E-state index contributed by atoms with van der Waals surface area (Å²) >= 11 is 2.36. The van der Waals surface area contributed by atoms with Gasteiger partial charge >= 0.3 is 12.4 Å². The van der Waals surface area contributed by atoms with Gasteiger partial charge < -0.3 is 27.3 Å². The first-order chi connectivity index (χ1) is 32.7. The number of carbonyl (C=O) groups is 4. The van der Waals surface area contributed by atoms with Crippen molar-refractivity contribution in [3.05, 3.63) is 86.4 Å². The van der Waals surface area contributed by atoms with Gasteiger partial charge in [-0.2, -0.15) is 26.3 Å². The van der Waals surface area contributed by atoms with Gasteiger partial charge in [-0.25, -0.2) is 4.98 Å². The number of aromatic nitrogens is 1. The Labute approximate surface area is 405 Å². The average Bonchev–Trinajstić information content (AvgIpc) is 3.92. The van der Waals surface area contributed by atoms with E-state index in [1.807, 2.05) is 0 Å². The molecular weight excluding hydrogens is 945 g/mol. The maximum atomic E-state index is 14.3. The molecule has 3 aromatic carbocycles. The van der Waals surface area contributed by atoms with E-state index < -0.39 is 41.5 Å². The minimum atomic E-state index is -4.77. The number of fused-ring (bicyclic) bond motifs is 1. The van der Waals surface area contributed by atoms with E-state index in [0.717, 1.165) is 24.3 Å². The van der Waals surface area contributed by atoms with E-state index in [1.54, 1.807) is 18.2 Å². The number of unbranched alkanes of at least 4 members (excludes halogenated alkanes) is 4. The summed E-state index contributed by atoms with van der Waals surface area (Å²) in [7, 11) is 0. The van der Waals surface area contributed by atoms with E-state index in [0.29, 0.717) is 102 Å². The van der Waals surface area contributed by atoms with Crippen LogP contribution >= 0.6 is 23.1 Å². The Morgan fingerprint density at radius 1 is 0.696 bits per heavy atom. The SMILES string of the molecule is N=C(N)CCCCCC(=O)Cc1cc(C(F)(F)F)cc(CC(=O)Cc2ccc3nc(CC(=O)Cc4cc(C(F)(F)F)cc(CC(=O)CCCCCC(=N)N)c4SCCN)sc3c2)c1O[C@@H]1CCNC1. The molecule has 1 fully saturated rings. The summed E-state index contributed by atoms with van der Waals surface area (Å²) < 4.78 is 92.4. The fourth-order valence-electron chi connectivity index (χ4n) is 8.13. The highest BCUT2D eigenvalue weighted by atomic mass is 32.2. The molecule has 374 valence electrons. The fraction of sp³-hybridized carbons (Fsp3) is 0.490. The number of nitrogens with one attached hydrogen (secondary N) is 3. The number of thioether (sulfide) groups is 1. The summed E-state index contributed by atoms with van der Waals surface area (Å²) in [6.45, 7) is 1.28. The number of amidine groups is 2. The van der Waals surface area contributed by atoms with Crippen molar-refractivity contribution in [2.75, 3.05) is 25.4 Å². The molecule has 1 aliphatic heterocycles. The third kappa shape index (κ3) is 17.6. The van der Waals surface area contributed by atoms with Gasteiger partial charge in [0.1, 0.15) is 40.0 Å². The zero-order chi connectivity index (χ0) is 50.3. The summed E-state index contributed by atoms with van der Waals surface area (Å²) in [5.41, 5.74) is 16.0. The second-order valence-electron chi connectivity index (χ2n) is 17.4. The van der Waals surface area contributed by atoms with Crippen LogP contribution in [0.25, 0.3) is 10.2 Å². The van der Waals surface area contributed by atoms with Crippen molar-refractivity contribution in [2.45, 2.75) is 133 Å². The molecule has 0 spiro atoms. The molecule has 9 N–H and O–H groups in total. The summed E-state index contributed by atoms with van der Waals surface area (Å²) in [4.78, 5) is 58.4. The molecule has 5 rings (SSSR count). The van der Waals surface area contributed by atoms with Crippen LogP contribution in [0.1, 0.15) is 115 Å². The van der Waals surface area contributed by atoms with Gasteiger partial charge in [0.15, 0.2) is 0 Å². The highest BCUT2D eigenvalue weighted by molar-refractivity contribution is 7.99. The molecule has 0 radical (unpaired) electrons. The number of carbonyl (C=O) groups excluding carboxylic acids is 4. The van der Waals surface area contributed by atoms with Crippen LogP contribution < -0.4 is 27.3 Å². The number of Topliss-reactive ketones (excluding diaryl/α,β-unsaturated/α-hetero) is 4. The van der Waals surface area contributed by atoms with Crippen LogP contribution in [0.3, 0.4) is 0 Å². The lowest BCUT2D eigenvalue weighted by Gasteiger charge is -2.22. The minimum Gasteiger partial charge on any atom is -0.488 e. The van der Waals surface area contributed by atoms with Crippen LogP contribution in [0.15, 0.2) is 47.4 Å². The van der Waals surface area contributed by atoms with Crippen LogP contribution in [0.5, 0.6) is 5.75 Å². The predicted octanol–water partition coefficient (Wildman–Crippen LogP) is 8.83. The van der Waals surface area contributed by atoms with Gasteiger partial charge in [-0.1, -0.05) is 18.9 Å². The molecule has 0 bridgehead atoms. The number of hydrogen-bond donors (Lipinski definition) is 6. The first kappa shape index (κ1) is 54.8. The quantitative estimate of drug-likeness (QED) is 0.00990. The Morgan fingerprint density at radius 3 is 1.72 bits per heavy atom. The third-order valence-electron chi connectivity index (χ3n) is 11.4. The molecule has 1 aliphatic rings. The van der Waals surface area contributed by atoms with Crippen molar-refractivity contribution in [1.82, 2.24) is 10.3 Å². The van der Waals surface area contributed by atoms with Crippen LogP contribution in [0.2, 0.25) is 0 Å². The average molecular weight is 1000 g/mol. The summed E-state index contributed by atoms with van der Waals surface area (Å²) in [6.07, 6.45) is -6.56. The Bertz CT molecular complexity index is 2490. The topological polar surface area (TPSA) is 228 Å². The normalized spacial score (nSPS) is 14.0. The van der Waals surface area contributed by atoms with E-state index >= 15 is 0 Å². The van der Waals surface area contributed by atoms with E-state index in [4.69, 9.17) is 32.8 Å². The number of nitrogens with two attached hydrogens (primary N) is 3. The van der Waals surface area contributed by atoms with Crippen LogP contribution in [0, 0.1) is 10.8 Å². The van der Waals surface area contributed by atoms with Crippen LogP contribution in [-0.2, 0) is 70.1 Å². The number of thiazole rings is 1. The van der Waals surface area contributed by atoms with Crippen molar-refractivity contribution in [1.29, 1.82) is 10.8 Å². The van der Waals surface area contributed by atoms with E-state index in [-0.39, 0.29) is 109 Å². The molecule has 2 heterocycles. The first-order valence-corrected chi connectivity index (χ1v) is 24.8. The second-order valence-corrected chi connectivity index (χ2v) is 19.6. The van der Waals surface area contributed by atoms with Crippen molar-refractivity contribution < 1.29 is 50.3 Å². The van der Waals surface area contributed by atoms with Gasteiger partial charge in [0.05, 0.1) is 39.4 Å². The lowest BCUT2D eigenvalue weighted by atomic mass is 9.94. The molecule has 12 nitrogen and oxygen atoms in total. The van der Waals surface area contributed by atoms with Crippen molar-refractivity contribution in [2.24, 2.45) is 17.2 Å². The van der Waals surface area contributed by atoms with Gasteiger partial charge in [0.2, 0.25) is 0 Å². The van der Waals surface area contributed by atoms with E-state index in [9.17, 15) is 45.5 Å². The van der Waals surface area contributed by atoms with Crippen molar-refractivity contribution in [3.8, 4) is 5.75 Å². The second kappa shape index (κ2) is 25.6. The van der Waals surface area contributed by atoms with Gasteiger partial charge in [0, 0.05) is 92.7 Å². The van der Waals surface area contributed by atoms with Gasteiger partial charge in [0.25, 0.3) is 0 Å². The Morgan fingerprint density at radius 2 is 1.20 bits per heavy atom. The summed E-state index contributed by atoms with van der Waals surface area (Å²) in [5.74, 6) is -0.865. The van der Waals surface area contributed by atoms with Gasteiger partial charge in [-0.05, 0) is 91.7 Å². The summed E-state index contributed by atoms with van der Waals surface area (Å²) in [5, 5.41) is 18.2. The lowest BCUT2D eigenvalue weighted by Crippen LogP contribution is -2.22. The zero-order valence-corrected chi connectivity index (χ0v) is 39.9. The molecular formula is C49H59F6N7O5S2. The minimum absolute atomic E-state index is 0.0205. The van der Waals surface area contributed by atoms with Crippen molar-refractivity contribution in [3.63, 3.8) is 0 Å². The number of alkyl halides is 6. The predicted molar refractivity (Wildman–Crippen MR) is 256 cm³/mol. The van der Waals surface area contributed by atoms with Crippen molar-refractivity contribution >= 4 is 68.1 Å². The molecule has 0 aliphatic carbocycles. The molecule has 0 amide bonds. The van der Waals surface area contributed by atoms with Crippen LogP contribution in [-0.4, -0.2) is 71.3 Å². The summed E-state index contributed by atoms with van der Waals surface area (Å²) in [6, 6.07) is 8.73. The molecule has 0 saturated carbocycles.